The molecule has 2 aromatic rings. The van der Waals surface area contributed by atoms with Crippen LogP contribution in [0.2, 0.25) is 0 Å². The van der Waals surface area contributed by atoms with Gasteiger partial charge in [0, 0.05) is 0 Å². The summed E-state index contributed by atoms with van der Waals surface area (Å²) in [6.45, 7) is 7.76. The molecule has 7 heteroatoms. The number of thiazole rings is 1. The molecular weight excluding hydrogens is 392 g/mol. The van der Waals surface area contributed by atoms with Crippen LogP contribution in [0.15, 0.2) is 40.3 Å². The van der Waals surface area contributed by atoms with Crippen LogP contribution in [-0.2, 0) is 4.74 Å². The third kappa shape index (κ3) is 5.49. The van der Waals surface area contributed by atoms with Crippen LogP contribution in [0.5, 0.6) is 5.75 Å². The van der Waals surface area contributed by atoms with Crippen LogP contribution in [0.25, 0.3) is 0 Å². The molecule has 1 amide bonds. The summed E-state index contributed by atoms with van der Waals surface area (Å²) in [5, 5.41) is 0.570. The van der Waals surface area contributed by atoms with E-state index in [9.17, 15) is 4.79 Å². The second kappa shape index (κ2) is 7.98. The summed E-state index contributed by atoms with van der Waals surface area (Å²) in [6.07, 6.45) is 1.23. The van der Waals surface area contributed by atoms with Gasteiger partial charge in [-0.15, -0.1) is 0 Å². The van der Waals surface area contributed by atoms with Crippen molar-refractivity contribution in [2.45, 2.75) is 39.3 Å². The van der Waals surface area contributed by atoms with Crippen LogP contribution >= 0.6 is 27.3 Å². The van der Waals surface area contributed by atoms with E-state index in [1.54, 1.807) is 6.20 Å². The van der Waals surface area contributed by atoms with Crippen molar-refractivity contribution >= 4 is 38.5 Å². The first-order chi connectivity index (χ1) is 11.3. The lowest BCUT2D eigenvalue weighted by Gasteiger charge is -2.29. The number of hydrogen-bond acceptors (Lipinski definition) is 5. The summed E-state index contributed by atoms with van der Waals surface area (Å²) in [4.78, 5) is 18.4. The van der Waals surface area contributed by atoms with Gasteiger partial charge in [-0.05, 0) is 55.8 Å². The molecule has 0 saturated carbocycles. The summed E-state index contributed by atoms with van der Waals surface area (Å²) in [6, 6.07) is 9.26. The van der Waals surface area contributed by atoms with Crippen molar-refractivity contribution in [3.05, 3.63) is 40.3 Å². The van der Waals surface area contributed by atoms with E-state index in [-0.39, 0.29) is 6.04 Å². The summed E-state index contributed by atoms with van der Waals surface area (Å²) in [7, 11) is 0. The van der Waals surface area contributed by atoms with Crippen molar-refractivity contribution in [2.24, 2.45) is 0 Å². The van der Waals surface area contributed by atoms with Crippen LogP contribution < -0.4 is 9.64 Å². The Bertz CT molecular complexity index is 670. The lowest BCUT2D eigenvalue weighted by atomic mass is 10.2. The highest BCUT2D eigenvalue weighted by Crippen LogP contribution is 2.29. The van der Waals surface area contributed by atoms with Gasteiger partial charge in [0.05, 0.1) is 16.0 Å². The van der Waals surface area contributed by atoms with Crippen LogP contribution in [0.4, 0.5) is 9.93 Å². The fourth-order valence-electron chi connectivity index (χ4n) is 1.92. The van der Waals surface area contributed by atoms with E-state index in [0.717, 1.165) is 9.54 Å². The van der Waals surface area contributed by atoms with Crippen LogP contribution in [0.3, 0.4) is 0 Å². The number of hydrogen-bond donors (Lipinski definition) is 0. The Labute approximate surface area is 154 Å². The highest BCUT2D eigenvalue weighted by molar-refractivity contribution is 9.11. The van der Waals surface area contributed by atoms with Gasteiger partial charge in [-0.1, -0.05) is 29.5 Å². The van der Waals surface area contributed by atoms with Gasteiger partial charge in [-0.25, -0.2) is 14.7 Å². The smallest absolute Gasteiger partial charge is 0.417 e. The van der Waals surface area contributed by atoms with Crippen molar-refractivity contribution in [3.8, 4) is 5.75 Å². The topological polar surface area (TPSA) is 51.7 Å². The highest BCUT2D eigenvalue weighted by Gasteiger charge is 2.30. The number of nitrogens with zero attached hydrogens (tertiary/aromatic N) is 2. The number of halogens is 1. The predicted octanol–water partition coefficient (Wildman–Crippen LogP) is 5.11. The monoisotopic (exact) mass is 412 g/mol. The summed E-state index contributed by atoms with van der Waals surface area (Å²) in [5.41, 5.74) is -0.580. The van der Waals surface area contributed by atoms with E-state index in [4.69, 9.17) is 9.47 Å². The SMILES string of the molecule is CC(COc1ccccc1)N(C(=O)OC(C)(C)C)c1ncc(Br)s1. The first kappa shape index (κ1) is 18.7. The average Bonchev–Trinajstić information content (AvgIpc) is 2.90. The molecule has 0 aliphatic rings. The van der Waals surface area contributed by atoms with Gasteiger partial charge in [0.2, 0.25) is 0 Å². The maximum absolute atomic E-state index is 12.6. The zero-order valence-electron chi connectivity index (χ0n) is 14.2. The zero-order valence-corrected chi connectivity index (χ0v) is 16.6. The van der Waals surface area contributed by atoms with Gasteiger partial charge < -0.3 is 9.47 Å². The van der Waals surface area contributed by atoms with Gasteiger partial charge >= 0.3 is 6.09 Å². The molecule has 2 rings (SSSR count). The van der Waals surface area contributed by atoms with Gasteiger partial charge in [0.25, 0.3) is 0 Å². The lowest BCUT2D eigenvalue weighted by molar-refractivity contribution is 0.0558. The minimum Gasteiger partial charge on any atom is -0.491 e. The third-order valence-electron chi connectivity index (χ3n) is 2.94. The zero-order chi connectivity index (χ0) is 17.7. The van der Waals surface area contributed by atoms with Crippen molar-refractivity contribution < 1.29 is 14.3 Å². The number of anilines is 1. The quantitative estimate of drug-likeness (QED) is 0.683. The van der Waals surface area contributed by atoms with Gasteiger partial charge in [0.15, 0.2) is 5.13 Å². The fraction of sp³-hybridized carbons (Fsp3) is 0.412. The number of benzene rings is 1. The Kier molecular flexibility index (Phi) is 6.23. The minimum atomic E-state index is -0.580. The Morgan fingerprint density at radius 1 is 1.33 bits per heavy atom. The molecule has 0 saturated heterocycles. The van der Waals surface area contributed by atoms with Crippen LogP contribution in [-0.4, -0.2) is 29.3 Å². The largest absolute Gasteiger partial charge is 0.491 e. The summed E-state index contributed by atoms with van der Waals surface area (Å²) >= 11 is 4.76. The maximum atomic E-state index is 12.6. The second-order valence-electron chi connectivity index (χ2n) is 6.27. The molecule has 1 aromatic carbocycles. The molecule has 130 valence electrons. The summed E-state index contributed by atoms with van der Waals surface area (Å²) in [5.74, 6) is 0.758. The lowest BCUT2D eigenvalue weighted by Crippen LogP contribution is -2.44. The predicted molar refractivity (Wildman–Crippen MR) is 99.9 cm³/mol. The number of carbonyl (C=O) groups is 1. The minimum absolute atomic E-state index is 0.238. The Morgan fingerprint density at radius 2 is 2.00 bits per heavy atom. The molecule has 1 heterocycles. The fourth-order valence-corrected chi connectivity index (χ4v) is 3.20. The normalized spacial score (nSPS) is 12.5. The third-order valence-corrected chi connectivity index (χ3v) is 4.41. The Morgan fingerprint density at radius 3 is 2.54 bits per heavy atom. The van der Waals surface area contributed by atoms with Gasteiger partial charge in [0.1, 0.15) is 18.0 Å². The first-order valence-corrected chi connectivity index (χ1v) is 9.18. The molecule has 0 aliphatic carbocycles. The van der Waals surface area contributed by atoms with Crippen LogP contribution in [0, 0.1) is 0 Å². The van der Waals surface area contributed by atoms with E-state index < -0.39 is 11.7 Å². The van der Waals surface area contributed by atoms with E-state index in [0.29, 0.717) is 11.7 Å². The Hall–Kier alpha value is -1.60. The van der Waals surface area contributed by atoms with Crippen molar-refractivity contribution in [1.29, 1.82) is 0 Å². The molecule has 1 atom stereocenters. The molecule has 0 spiro atoms. The highest BCUT2D eigenvalue weighted by atomic mass is 79.9. The number of rotatable bonds is 5. The molecule has 0 fully saturated rings. The number of amides is 1. The summed E-state index contributed by atoms with van der Waals surface area (Å²) < 4.78 is 12.1. The molecule has 0 N–H and O–H groups in total. The molecule has 24 heavy (non-hydrogen) atoms. The van der Waals surface area contributed by atoms with Gasteiger partial charge in [-0.3, -0.25) is 0 Å². The van der Waals surface area contributed by atoms with E-state index >= 15 is 0 Å². The first-order valence-electron chi connectivity index (χ1n) is 7.57. The average molecular weight is 413 g/mol. The molecule has 0 aliphatic heterocycles. The van der Waals surface area contributed by atoms with Gasteiger partial charge in [-0.2, -0.15) is 0 Å². The second-order valence-corrected chi connectivity index (χ2v) is 8.66. The molecule has 1 unspecified atom stereocenters. The van der Waals surface area contributed by atoms with E-state index in [2.05, 4.69) is 20.9 Å². The van der Waals surface area contributed by atoms with E-state index in [1.165, 1.54) is 16.2 Å². The number of para-hydroxylation sites is 1. The van der Waals surface area contributed by atoms with Crippen LogP contribution in [0.1, 0.15) is 27.7 Å². The number of carbonyl (C=O) groups excluding carboxylic acids is 1. The standard InChI is InChI=1S/C17H21BrN2O3S/c1-12(11-22-13-8-6-5-7-9-13)20(15-19-10-14(18)24-15)16(21)23-17(2,3)4/h5-10,12H,11H2,1-4H3. The van der Waals surface area contributed by atoms with Crippen molar-refractivity contribution in [3.63, 3.8) is 0 Å². The molecule has 0 radical (unpaired) electrons. The Balaban J connectivity index is 2.13. The molecule has 1 aromatic heterocycles. The van der Waals surface area contributed by atoms with Crippen molar-refractivity contribution in [1.82, 2.24) is 4.98 Å². The maximum Gasteiger partial charge on any atom is 0.417 e. The molecule has 0 bridgehead atoms. The number of aromatic nitrogens is 1. The van der Waals surface area contributed by atoms with E-state index in [1.807, 2.05) is 58.0 Å². The molecule has 5 nitrogen and oxygen atoms in total. The van der Waals surface area contributed by atoms with Crippen molar-refractivity contribution in [2.75, 3.05) is 11.5 Å². The number of ether oxygens (including phenoxy) is 2. The molecular formula is C17H21BrN2O3S.